The van der Waals surface area contributed by atoms with Gasteiger partial charge >= 0.3 is 0 Å². The van der Waals surface area contributed by atoms with E-state index in [1.807, 2.05) is 0 Å². The van der Waals surface area contributed by atoms with Crippen LogP contribution in [0.4, 0.5) is 0 Å². The Hall–Kier alpha value is -0.820. The van der Waals surface area contributed by atoms with Gasteiger partial charge in [-0.05, 0) is 50.3 Å². The van der Waals surface area contributed by atoms with Crippen LogP contribution in [0.15, 0.2) is 18.2 Å². The Labute approximate surface area is 93.7 Å². The molecule has 1 heteroatoms. The van der Waals surface area contributed by atoms with Crippen LogP contribution in [-0.4, -0.2) is 6.54 Å². The quantitative estimate of drug-likeness (QED) is 0.781. The fourth-order valence-corrected chi connectivity index (χ4v) is 2.20. The first-order valence-corrected chi connectivity index (χ1v) is 5.96. The summed E-state index contributed by atoms with van der Waals surface area (Å²) >= 11 is 0. The van der Waals surface area contributed by atoms with Crippen LogP contribution in [0, 0.1) is 13.8 Å². The molecule has 0 aliphatic carbocycles. The van der Waals surface area contributed by atoms with Gasteiger partial charge in [-0.2, -0.15) is 0 Å². The van der Waals surface area contributed by atoms with Crippen LogP contribution in [0.5, 0.6) is 0 Å². The average Bonchev–Trinajstić information content (AvgIpc) is 2.21. The van der Waals surface area contributed by atoms with E-state index in [-0.39, 0.29) is 0 Å². The van der Waals surface area contributed by atoms with Gasteiger partial charge < -0.3 is 5.73 Å². The van der Waals surface area contributed by atoms with Crippen molar-refractivity contribution in [1.29, 1.82) is 0 Å². The summed E-state index contributed by atoms with van der Waals surface area (Å²) in [6, 6.07) is 6.74. The molecule has 0 radical (unpaired) electrons. The fourth-order valence-electron chi connectivity index (χ4n) is 2.20. The summed E-state index contributed by atoms with van der Waals surface area (Å²) < 4.78 is 0. The Morgan fingerprint density at radius 3 is 2.53 bits per heavy atom. The van der Waals surface area contributed by atoms with E-state index in [1.54, 1.807) is 0 Å². The van der Waals surface area contributed by atoms with Crippen molar-refractivity contribution < 1.29 is 0 Å². The van der Waals surface area contributed by atoms with Crippen molar-refractivity contribution in [2.75, 3.05) is 6.54 Å². The van der Waals surface area contributed by atoms with Crippen LogP contribution < -0.4 is 5.73 Å². The summed E-state index contributed by atoms with van der Waals surface area (Å²) in [6.07, 6.45) is 3.59. The number of rotatable bonds is 5. The molecular weight excluding hydrogens is 182 g/mol. The van der Waals surface area contributed by atoms with Crippen LogP contribution in [0.25, 0.3) is 0 Å². The first kappa shape index (κ1) is 12.3. The van der Waals surface area contributed by atoms with Crippen molar-refractivity contribution in [2.24, 2.45) is 5.73 Å². The van der Waals surface area contributed by atoms with Gasteiger partial charge in [0, 0.05) is 0 Å². The molecule has 0 fully saturated rings. The van der Waals surface area contributed by atoms with Gasteiger partial charge in [0.15, 0.2) is 0 Å². The number of hydrogen-bond acceptors (Lipinski definition) is 1. The molecule has 1 unspecified atom stereocenters. The van der Waals surface area contributed by atoms with Gasteiger partial charge in [0.1, 0.15) is 0 Å². The van der Waals surface area contributed by atoms with Gasteiger partial charge in [-0.3, -0.25) is 0 Å². The summed E-state index contributed by atoms with van der Waals surface area (Å²) in [6.45, 7) is 7.40. The van der Waals surface area contributed by atoms with Crippen LogP contribution in [0.3, 0.4) is 0 Å². The second-order valence-electron chi connectivity index (χ2n) is 4.42. The third kappa shape index (κ3) is 3.35. The van der Waals surface area contributed by atoms with E-state index >= 15 is 0 Å². The number of nitrogens with two attached hydrogens (primary N) is 1. The minimum atomic E-state index is 0.653. The highest BCUT2D eigenvalue weighted by Crippen LogP contribution is 2.27. The third-order valence-corrected chi connectivity index (χ3v) is 3.03. The van der Waals surface area contributed by atoms with E-state index < -0.39 is 0 Å². The van der Waals surface area contributed by atoms with E-state index in [9.17, 15) is 0 Å². The van der Waals surface area contributed by atoms with Crippen molar-refractivity contribution >= 4 is 0 Å². The van der Waals surface area contributed by atoms with Crippen molar-refractivity contribution in [3.63, 3.8) is 0 Å². The zero-order valence-corrected chi connectivity index (χ0v) is 10.2. The van der Waals surface area contributed by atoms with Crippen molar-refractivity contribution in [3.05, 3.63) is 34.9 Å². The smallest absolute Gasteiger partial charge is 0.00714 e. The van der Waals surface area contributed by atoms with E-state index in [1.165, 1.54) is 29.5 Å². The van der Waals surface area contributed by atoms with Crippen molar-refractivity contribution in [2.45, 2.75) is 46.0 Å². The van der Waals surface area contributed by atoms with Crippen LogP contribution in [-0.2, 0) is 0 Å². The Bertz CT molecular complexity index is 298. The molecule has 0 aliphatic heterocycles. The highest BCUT2D eigenvalue weighted by molar-refractivity contribution is 5.33. The molecule has 0 aliphatic rings. The van der Waals surface area contributed by atoms with Crippen LogP contribution >= 0.6 is 0 Å². The maximum Gasteiger partial charge on any atom is -0.00714 e. The number of hydrogen-bond donors (Lipinski definition) is 1. The monoisotopic (exact) mass is 205 g/mol. The Morgan fingerprint density at radius 1 is 1.20 bits per heavy atom. The summed E-state index contributed by atoms with van der Waals surface area (Å²) in [7, 11) is 0. The summed E-state index contributed by atoms with van der Waals surface area (Å²) in [5, 5.41) is 0. The molecule has 1 nitrogen and oxygen atoms in total. The third-order valence-electron chi connectivity index (χ3n) is 3.03. The lowest BCUT2D eigenvalue weighted by Gasteiger charge is -2.18. The Kier molecular flexibility index (Phi) is 4.83. The lowest BCUT2D eigenvalue weighted by molar-refractivity contribution is 0.573. The van der Waals surface area contributed by atoms with Crippen LogP contribution in [0.2, 0.25) is 0 Å². The van der Waals surface area contributed by atoms with Gasteiger partial charge in [0.25, 0.3) is 0 Å². The number of benzene rings is 1. The minimum Gasteiger partial charge on any atom is -0.330 e. The molecule has 1 atom stereocenters. The van der Waals surface area contributed by atoms with Crippen LogP contribution in [0.1, 0.15) is 48.8 Å². The largest absolute Gasteiger partial charge is 0.330 e. The highest BCUT2D eigenvalue weighted by Gasteiger charge is 2.12. The molecule has 1 rings (SSSR count). The minimum absolute atomic E-state index is 0.653. The Morgan fingerprint density at radius 2 is 1.93 bits per heavy atom. The first-order valence-electron chi connectivity index (χ1n) is 5.96. The zero-order valence-electron chi connectivity index (χ0n) is 10.2. The SMILES string of the molecule is CCCC(CCN)c1cc(C)ccc1C. The first-order chi connectivity index (χ1) is 7.19. The van der Waals surface area contributed by atoms with Crippen molar-refractivity contribution in [1.82, 2.24) is 0 Å². The second kappa shape index (κ2) is 5.92. The van der Waals surface area contributed by atoms with E-state index in [0.717, 1.165) is 13.0 Å². The van der Waals surface area contributed by atoms with Gasteiger partial charge in [-0.25, -0.2) is 0 Å². The van der Waals surface area contributed by atoms with E-state index in [2.05, 4.69) is 39.0 Å². The summed E-state index contributed by atoms with van der Waals surface area (Å²) in [4.78, 5) is 0. The van der Waals surface area contributed by atoms with E-state index in [4.69, 9.17) is 5.73 Å². The Balaban J connectivity index is 2.93. The molecule has 15 heavy (non-hydrogen) atoms. The number of aryl methyl sites for hydroxylation is 2. The van der Waals surface area contributed by atoms with Gasteiger partial charge in [-0.1, -0.05) is 37.1 Å². The van der Waals surface area contributed by atoms with Crippen molar-refractivity contribution in [3.8, 4) is 0 Å². The topological polar surface area (TPSA) is 26.0 Å². The molecule has 0 aromatic heterocycles. The summed E-state index contributed by atoms with van der Waals surface area (Å²) in [5.41, 5.74) is 9.95. The predicted octanol–water partition coefficient (Wildman–Crippen LogP) is 3.54. The molecule has 84 valence electrons. The maximum absolute atomic E-state index is 5.69. The molecule has 0 heterocycles. The predicted molar refractivity (Wildman–Crippen MR) is 67.2 cm³/mol. The average molecular weight is 205 g/mol. The highest BCUT2D eigenvalue weighted by atomic mass is 14.5. The molecule has 0 saturated heterocycles. The van der Waals surface area contributed by atoms with Gasteiger partial charge in [0.2, 0.25) is 0 Å². The molecule has 1 aromatic rings. The molecule has 2 N–H and O–H groups in total. The van der Waals surface area contributed by atoms with Gasteiger partial charge in [0.05, 0.1) is 0 Å². The standard InChI is InChI=1S/C14H23N/c1-4-5-13(8-9-15)14-10-11(2)6-7-12(14)3/h6-7,10,13H,4-5,8-9,15H2,1-3H3. The zero-order chi connectivity index (χ0) is 11.3. The fraction of sp³-hybridized carbons (Fsp3) is 0.571. The second-order valence-corrected chi connectivity index (χ2v) is 4.42. The van der Waals surface area contributed by atoms with Gasteiger partial charge in [-0.15, -0.1) is 0 Å². The molecule has 0 spiro atoms. The molecular formula is C14H23N. The lowest BCUT2D eigenvalue weighted by Crippen LogP contribution is -2.08. The maximum atomic E-state index is 5.69. The molecule has 0 amide bonds. The molecule has 1 aromatic carbocycles. The summed E-state index contributed by atoms with van der Waals surface area (Å²) in [5.74, 6) is 0.653. The molecule has 0 bridgehead atoms. The normalized spacial score (nSPS) is 12.8. The lowest BCUT2D eigenvalue weighted by atomic mass is 9.87. The van der Waals surface area contributed by atoms with E-state index in [0.29, 0.717) is 5.92 Å². The molecule has 0 saturated carbocycles.